The van der Waals surface area contributed by atoms with Gasteiger partial charge in [-0.15, -0.1) is 0 Å². The van der Waals surface area contributed by atoms with Crippen molar-refractivity contribution in [1.29, 1.82) is 0 Å². The molecule has 2 bridgehead atoms. The van der Waals surface area contributed by atoms with Gasteiger partial charge in [-0.25, -0.2) is 4.39 Å². The Morgan fingerprint density at radius 1 is 1.29 bits per heavy atom. The van der Waals surface area contributed by atoms with E-state index in [9.17, 15) is 14.0 Å². The summed E-state index contributed by atoms with van der Waals surface area (Å²) in [4.78, 5) is 25.7. The summed E-state index contributed by atoms with van der Waals surface area (Å²) in [5.74, 6) is 0.719. The van der Waals surface area contributed by atoms with Crippen molar-refractivity contribution in [3.63, 3.8) is 0 Å². The first-order valence-electron chi connectivity index (χ1n) is 10.7. The Morgan fingerprint density at radius 3 is 2.90 bits per heavy atom. The third kappa shape index (κ3) is 3.52. The van der Waals surface area contributed by atoms with Crippen molar-refractivity contribution in [2.75, 3.05) is 7.11 Å². The Hall–Kier alpha value is -3.09. The van der Waals surface area contributed by atoms with Crippen LogP contribution < -0.4 is 20.1 Å². The van der Waals surface area contributed by atoms with Gasteiger partial charge in [0.2, 0.25) is 5.91 Å². The van der Waals surface area contributed by atoms with E-state index in [0.29, 0.717) is 36.4 Å². The average Bonchev–Trinajstić information content (AvgIpc) is 2.77. The van der Waals surface area contributed by atoms with Crippen LogP contribution in [0.5, 0.6) is 11.5 Å². The number of benzene rings is 2. The molecule has 162 valence electrons. The quantitative estimate of drug-likeness (QED) is 0.789. The van der Waals surface area contributed by atoms with Crippen molar-refractivity contribution < 1.29 is 23.5 Å². The van der Waals surface area contributed by atoms with Crippen molar-refractivity contribution in [3.05, 3.63) is 59.4 Å². The Kier molecular flexibility index (Phi) is 4.84. The normalized spacial score (nSPS) is 28.5. The molecule has 6 nitrogen and oxygen atoms in total. The molecule has 2 aromatic carbocycles. The average molecular weight is 424 g/mol. The highest BCUT2D eigenvalue weighted by Gasteiger charge is 2.57. The van der Waals surface area contributed by atoms with E-state index in [-0.39, 0.29) is 35.4 Å². The van der Waals surface area contributed by atoms with E-state index >= 15 is 0 Å². The molecule has 2 amide bonds. The van der Waals surface area contributed by atoms with Crippen LogP contribution in [0.1, 0.15) is 41.6 Å². The second-order valence-corrected chi connectivity index (χ2v) is 8.74. The van der Waals surface area contributed by atoms with E-state index in [2.05, 4.69) is 10.6 Å². The number of carbonyl (C=O) groups is 2. The van der Waals surface area contributed by atoms with E-state index < -0.39 is 5.72 Å². The molecule has 2 aromatic rings. The second kappa shape index (κ2) is 7.55. The van der Waals surface area contributed by atoms with Crippen LogP contribution in [-0.2, 0) is 11.3 Å². The fourth-order valence-electron chi connectivity index (χ4n) is 5.41. The summed E-state index contributed by atoms with van der Waals surface area (Å²) in [6, 6.07) is 11.4. The molecule has 4 aliphatic rings. The van der Waals surface area contributed by atoms with E-state index in [1.165, 1.54) is 12.1 Å². The van der Waals surface area contributed by atoms with Crippen molar-refractivity contribution in [1.82, 2.24) is 10.6 Å². The van der Waals surface area contributed by atoms with E-state index in [4.69, 9.17) is 9.47 Å². The highest BCUT2D eigenvalue weighted by atomic mass is 19.1. The molecular weight excluding hydrogens is 399 g/mol. The van der Waals surface area contributed by atoms with Crippen LogP contribution in [0.2, 0.25) is 0 Å². The Balaban J connectivity index is 1.30. The smallest absolute Gasteiger partial charge is 0.258 e. The molecule has 3 fully saturated rings. The number of hydrogen-bond acceptors (Lipinski definition) is 4. The molecule has 0 radical (unpaired) electrons. The number of amides is 2. The molecule has 0 aromatic heterocycles. The molecular formula is C24H25FN2O4. The summed E-state index contributed by atoms with van der Waals surface area (Å²) in [7, 11) is 1.58. The minimum atomic E-state index is -0.779. The maximum atomic E-state index is 13.4. The summed E-state index contributed by atoms with van der Waals surface area (Å²) in [5, 5.41) is 6.07. The molecule has 2 N–H and O–H groups in total. The van der Waals surface area contributed by atoms with Crippen LogP contribution in [-0.4, -0.2) is 24.6 Å². The summed E-state index contributed by atoms with van der Waals surface area (Å²) < 4.78 is 25.1. The van der Waals surface area contributed by atoms with Crippen molar-refractivity contribution in [3.8, 4) is 11.5 Å². The highest BCUT2D eigenvalue weighted by Crippen LogP contribution is 2.52. The zero-order chi connectivity index (χ0) is 21.6. The molecule has 31 heavy (non-hydrogen) atoms. The van der Waals surface area contributed by atoms with Gasteiger partial charge in [-0.1, -0.05) is 12.1 Å². The van der Waals surface area contributed by atoms with Gasteiger partial charge in [0.15, 0.2) is 5.72 Å². The number of methoxy groups -OCH3 is 1. The first kappa shape index (κ1) is 19.8. The van der Waals surface area contributed by atoms with Crippen molar-refractivity contribution >= 4 is 11.8 Å². The Bertz CT molecular complexity index is 1040. The first-order valence-corrected chi connectivity index (χ1v) is 10.7. The maximum absolute atomic E-state index is 13.4. The van der Waals surface area contributed by atoms with Crippen LogP contribution in [0.25, 0.3) is 0 Å². The topological polar surface area (TPSA) is 76.7 Å². The Labute approximate surface area is 180 Å². The molecule has 1 heterocycles. The lowest BCUT2D eigenvalue weighted by atomic mass is 9.60. The second-order valence-electron chi connectivity index (χ2n) is 8.74. The predicted octanol–water partition coefficient (Wildman–Crippen LogP) is 3.41. The predicted molar refractivity (Wildman–Crippen MR) is 111 cm³/mol. The SMILES string of the molecule is COc1ccc2c(c1)O[C@]1(C[C@H]3CC[C@@H]1C[C@@H]3C(=O)NCc1cccc(F)c1)NC2=O. The summed E-state index contributed by atoms with van der Waals surface area (Å²) in [5.41, 5.74) is 0.454. The van der Waals surface area contributed by atoms with Gasteiger partial charge < -0.3 is 20.1 Å². The molecule has 0 saturated heterocycles. The molecule has 6 rings (SSSR count). The van der Waals surface area contributed by atoms with Gasteiger partial charge in [0, 0.05) is 30.9 Å². The third-order valence-corrected chi connectivity index (χ3v) is 6.96. The maximum Gasteiger partial charge on any atom is 0.258 e. The number of ether oxygens (including phenoxy) is 2. The lowest BCUT2D eigenvalue weighted by molar-refractivity contribution is -0.146. The highest BCUT2D eigenvalue weighted by molar-refractivity contribution is 5.98. The number of nitrogens with one attached hydrogen (secondary N) is 2. The van der Waals surface area contributed by atoms with Crippen LogP contribution in [0.3, 0.4) is 0 Å². The van der Waals surface area contributed by atoms with Crippen molar-refractivity contribution in [2.45, 2.75) is 38.0 Å². The van der Waals surface area contributed by atoms with E-state index in [0.717, 1.165) is 18.4 Å². The summed E-state index contributed by atoms with van der Waals surface area (Å²) in [6.07, 6.45) is 3.07. The van der Waals surface area contributed by atoms with Gasteiger partial charge in [-0.2, -0.15) is 0 Å². The summed E-state index contributed by atoms with van der Waals surface area (Å²) >= 11 is 0. The van der Waals surface area contributed by atoms with Gasteiger partial charge in [0.25, 0.3) is 5.91 Å². The van der Waals surface area contributed by atoms with Gasteiger partial charge in [-0.3, -0.25) is 9.59 Å². The van der Waals surface area contributed by atoms with Crippen LogP contribution >= 0.6 is 0 Å². The number of hydrogen-bond donors (Lipinski definition) is 2. The molecule has 3 aliphatic carbocycles. The monoisotopic (exact) mass is 424 g/mol. The first-order chi connectivity index (χ1) is 15.0. The lowest BCUT2D eigenvalue weighted by Gasteiger charge is -2.55. The zero-order valence-corrected chi connectivity index (χ0v) is 17.3. The molecule has 0 unspecified atom stereocenters. The standard InChI is InChI=1S/C24H25FN2O4/c1-30-18-7-8-19-21(11-18)31-24(27-23(19)29)12-15-5-6-16(24)10-20(15)22(28)26-13-14-3-2-4-17(25)9-14/h2-4,7-9,11,15-16,20H,5-6,10,12-13H2,1H3,(H,26,28)(H,27,29)/t15-,16-,20+,24+/m1/s1. The number of carbonyl (C=O) groups excluding carboxylic acids is 2. The van der Waals surface area contributed by atoms with Gasteiger partial charge in [0.1, 0.15) is 17.3 Å². The molecule has 3 saturated carbocycles. The van der Waals surface area contributed by atoms with E-state index in [1.807, 2.05) is 0 Å². The van der Waals surface area contributed by atoms with Crippen LogP contribution in [0, 0.1) is 23.6 Å². The zero-order valence-electron chi connectivity index (χ0n) is 17.3. The Morgan fingerprint density at radius 2 is 2.16 bits per heavy atom. The third-order valence-electron chi connectivity index (χ3n) is 6.96. The van der Waals surface area contributed by atoms with Crippen LogP contribution in [0.15, 0.2) is 42.5 Å². The number of rotatable bonds is 4. The minimum Gasteiger partial charge on any atom is -0.497 e. The number of halogens is 1. The molecule has 1 spiro atoms. The van der Waals surface area contributed by atoms with E-state index in [1.54, 1.807) is 37.4 Å². The fourth-order valence-corrected chi connectivity index (χ4v) is 5.41. The summed E-state index contributed by atoms with van der Waals surface area (Å²) in [6.45, 7) is 0.302. The van der Waals surface area contributed by atoms with Crippen molar-refractivity contribution in [2.24, 2.45) is 17.8 Å². The fraction of sp³-hybridized carbons (Fsp3) is 0.417. The minimum absolute atomic E-state index is 0.0157. The van der Waals surface area contributed by atoms with Gasteiger partial charge in [0.05, 0.1) is 12.7 Å². The number of fused-ring (bicyclic) bond motifs is 3. The molecule has 1 aliphatic heterocycles. The molecule has 7 heteroatoms. The van der Waals surface area contributed by atoms with Crippen LogP contribution in [0.4, 0.5) is 4.39 Å². The van der Waals surface area contributed by atoms with Gasteiger partial charge >= 0.3 is 0 Å². The van der Waals surface area contributed by atoms with Gasteiger partial charge in [-0.05, 0) is 55.0 Å². The largest absolute Gasteiger partial charge is 0.497 e. The molecule has 4 atom stereocenters. The lowest BCUT2D eigenvalue weighted by Crippen LogP contribution is -2.66.